The van der Waals surface area contributed by atoms with Crippen LogP contribution in [-0.2, 0) is 4.79 Å². The average Bonchev–Trinajstić information content (AvgIpc) is 2.32. The summed E-state index contributed by atoms with van der Waals surface area (Å²) in [4.78, 5) is 26.7. The third-order valence-electron chi connectivity index (χ3n) is 2.56. The number of hydrogen-bond donors (Lipinski definition) is 0. The minimum Gasteiger partial charge on any atom is -0.348 e. The molecule has 0 atom stereocenters. The molecule has 0 saturated heterocycles. The van der Waals surface area contributed by atoms with Crippen LogP contribution in [0.3, 0.4) is 0 Å². The summed E-state index contributed by atoms with van der Waals surface area (Å²) in [6.45, 7) is 0.345. The van der Waals surface area contributed by atoms with Crippen molar-refractivity contribution < 1.29 is 9.59 Å². The van der Waals surface area contributed by atoms with Gasteiger partial charge in [0.25, 0.3) is 0 Å². The van der Waals surface area contributed by atoms with Crippen LogP contribution in [0.2, 0.25) is 10.0 Å². The zero-order chi connectivity index (χ0) is 14.6. The van der Waals surface area contributed by atoms with Crippen molar-refractivity contribution in [1.29, 1.82) is 0 Å². The van der Waals surface area contributed by atoms with Gasteiger partial charge in [-0.05, 0) is 25.2 Å². The predicted octanol–water partition coefficient (Wildman–Crippen LogP) is 2.20. The molecule has 104 valence electrons. The van der Waals surface area contributed by atoms with Crippen LogP contribution in [0.25, 0.3) is 0 Å². The number of Topliss-reactive ketones (excluding diaryl/α,β-unsaturated/α-hetero) is 1. The number of ketones is 1. The highest BCUT2D eigenvalue weighted by molar-refractivity contribution is 6.42. The first-order chi connectivity index (χ1) is 8.81. The van der Waals surface area contributed by atoms with Crippen molar-refractivity contribution in [2.75, 3.05) is 34.2 Å². The molecule has 0 fully saturated rings. The monoisotopic (exact) mass is 302 g/mol. The smallest absolute Gasteiger partial charge is 0.236 e. The quantitative estimate of drug-likeness (QED) is 0.783. The van der Waals surface area contributed by atoms with Gasteiger partial charge in [-0.25, -0.2) is 0 Å². The van der Waals surface area contributed by atoms with E-state index in [4.69, 9.17) is 23.2 Å². The van der Waals surface area contributed by atoms with E-state index in [1.54, 1.807) is 38.2 Å². The fourth-order valence-electron chi connectivity index (χ4n) is 1.43. The fraction of sp³-hybridized carbons (Fsp3) is 0.385. The van der Waals surface area contributed by atoms with Gasteiger partial charge in [-0.2, -0.15) is 0 Å². The molecular formula is C13H16Cl2N2O2. The summed E-state index contributed by atoms with van der Waals surface area (Å²) in [7, 11) is 5.07. The van der Waals surface area contributed by atoms with E-state index in [9.17, 15) is 9.59 Å². The number of carbonyl (C=O) groups is 2. The molecule has 0 aliphatic carbocycles. The van der Waals surface area contributed by atoms with Crippen LogP contribution >= 0.6 is 23.2 Å². The van der Waals surface area contributed by atoms with Crippen molar-refractivity contribution in [2.24, 2.45) is 0 Å². The molecular weight excluding hydrogens is 287 g/mol. The summed E-state index contributed by atoms with van der Waals surface area (Å²) in [5, 5.41) is 0.758. The maximum atomic E-state index is 12.0. The third kappa shape index (κ3) is 4.82. The number of halogens is 2. The van der Waals surface area contributed by atoms with Crippen molar-refractivity contribution in [1.82, 2.24) is 9.80 Å². The fourth-order valence-corrected chi connectivity index (χ4v) is 1.73. The molecule has 0 aliphatic rings. The van der Waals surface area contributed by atoms with E-state index < -0.39 is 0 Å². The van der Waals surface area contributed by atoms with Crippen LogP contribution in [0.1, 0.15) is 10.4 Å². The molecule has 0 bridgehead atoms. The van der Waals surface area contributed by atoms with Crippen LogP contribution in [0.5, 0.6) is 0 Å². The van der Waals surface area contributed by atoms with Gasteiger partial charge in [0.05, 0.1) is 23.1 Å². The molecule has 0 unspecified atom stereocenters. The number of benzene rings is 1. The normalized spacial score (nSPS) is 10.6. The summed E-state index contributed by atoms with van der Waals surface area (Å²) in [6, 6.07) is 4.74. The standard InChI is InChI=1S/C13H16Cl2N2O2/c1-16(2)13(19)8-17(3)7-12(18)9-4-5-10(14)11(15)6-9/h4-6H,7-8H2,1-3H3. The second-order valence-electron chi connectivity index (χ2n) is 4.51. The van der Waals surface area contributed by atoms with Crippen LogP contribution < -0.4 is 0 Å². The zero-order valence-electron chi connectivity index (χ0n) is 11.1. The molecule has 1 amide bonds. The van der Waals surface area contributed by atoms with Gasteiger partial charge < -0.3 is 4.90 Å². The molecule has 1 aromatic rings. The van der Waals surface area contributed by atoms with Gasteiger partial charge in [0.1, 0.15) is 0 Å². The first-order valence-corrected chi connectivity index (χ1v) is 6.43. The molecule has 4 nitrogen and oxygen atoms in total. The Hall–Kier alpha value is -1.10. The number of rotatable bonds is 5. The first-order valence-electron chi connectivity index (χ1n) is 5.68. The topological polar surface area (TPSA) is 40.6 Å². The molecule has 0 heterocycles. The van der Waals surface area contributed by atoms with Gasteiger partial charge in [0.15, 0.2) is 5.78 Å². The van der Waals surface area contributed by atoms with E-state index in [2.05, 4.69) is 0 Å². The van der Waals surface area contributed by atoms with E-state index in [1.165, 1.54) is 11.0 Å². The highest BCUT2D eigenvalue weighted by Gasteiger charge is 2.14. The lowest BCUT2D eigenvalue weighted by atomic mass is 10.1. The highest BCUT2D eigenvalue weighted by atomic mass is 35.5. The third-order valence-corrected chi connectivity index (χ3v) is 3.30. The molecule has 0 radical (unpaired) electrons. The molecule has 6 heteroatoms. The molecule has 0 saturated carbocycles. The molecule has 0 spiro atoms. The van der Waals surface area contributed by atoms with Crippen LogP contribution in [0.4, 0.5) is 0 Å². The summed E-state index contributed by atoms with van der Waals surface area (Å²) < 4.78 is 0. The zero-order valence-corrected chi connectivity index (χ0v) is 12.6. The first kappa shape index (κ1) is 16.0. The van der Waals surface area contributed by atoms with Crippen molar-refractivity contribution in [3.8, 4) is 0 Å². The van der Waals surface area contributed by atoms with Crippen LogP contribution in [0, 0.1) is 0 Å². The number of nitrogens with zero attached hydrogens (tertiary/aromatic N) is 2. The van der Waals surface area contributed by atoms with Crippen LogP contribution in [-0.4, -0.2) is 55.7 Å². The Balaban J connectivity index is 2.64. The Labute approximate surface area is 122 Å². The average molecular weight is 303 g/mol. The Morgan fingerprint density at radius 3 is 2.21 bits per heavy atom. The van der Waals surface area contributed by atoms with E-state index in [-0.39, 0.29) is 24.8 Å². The summed E-state index contributed by atoms with van der Waals surface area (Å²) >= 11 is 11.7. The van der Waals surface area contributed by atoms with E-state index in [1.807, 2.05) is 0 Å². The summed E-state index contributed by atoms with van der Waals surface area (Å²) in [5.74, 6) is -0.155. The number of carbonyl (C=O) groups excluding carboxylic acids is 2. The summed E-state index contributed by atoms with van der Waals surface area (Å²) in [6.07, 6.45) is 0. The Bertz CT molecular complexity index is 490. The van der Waals surface area contributed by atoms with Gasteiger partial charge >= 0.3 is 0 Å². The van der Waals surface area contributed by atoms with Gasteiger partial charge in [-0.3, -0.25) is 14.5 Å². The maximum absolute atomic E-state index is 12.0. The summed E-state index contributed by atoms with van der Waals surface area (Å²) in [5.41, 5.74) is 0.485. The second-order valence-corrected chi connectivity index (χ2v) is 5.33. The number of hydrogen-bond acceptors (Lipinski definition) is 3. The largest absolute Gasteiger partial charge is 0.348 e. The lowest BCUT2D eigenvalue weighted by molar-refractivity contribution is -0.129. The Kier molecular flexibility index (Phi) is 5.79. The predicted molar refractivity (Wildman–Crippen MR) is 77.0 cm³/mol. The Morgan fingerprint density at radius 2 is 1.68 bits per heavy atom. The van der Waals surface area contributed by atoms with Gasteiger partial charge in [0, 0.05) is 19.7 Å². The van der Waals surface area contributed by atoms with Crippen molar-refractivity contribution in [3.63, 3.8) is 0 Å². The molecule has 0 aliphatic heterocycles. The molecule has 1 aromatic carbocycles. The minimum absolute atomic E-state index is 0.0514. The van der Waals surface area contributed by atoms with E-state index >= 15 is 0 Å². The maximum Gasteiger partial charge on any atom is 0.236 e. The molecule has 1 rings (SSSR count). The molecule has 19 heavy (non-hydrogen) atoms. The SMILES string of the molecule is CN(CC(=O)c1ccc(Cl)c(Cl)c1)CC(=O)N(C)C. The lowest BCUT2D eigenvalue weighted by Gasteiger charge is -2.18. The van der Waals surface area contributed by atoms with Crippen LogP contribution in [0.15, 0.2) is 18.2 Å². The van der Waals surface area contributed by atoms with Gasteiger partial charge in [-0.1, -0.05) is 23.2 Å². The lowest BCUT2D eigenvalue weighted by Crippen LogP contribution is -2.36. The highest BCUT2D eigenvalue weighted by Crippen LogP contribution is 2.22. The molecule has 0 N–H and O–H groups in total. The van der Waals surface area contributed by atoms with Gasteiger partial charge in [-0.15, -0.1) is 0 Å². The van der Waals surface area contributed by atoms with E-state index in [0.29, 0.717) is 15.6 Å². The van der Waals surface area contributed by atoms with Gasteiger partial charge in [0.2, 0.25) is 5.91 Å². The molecule has 0 aromatic heterocycles. The Morgan fingerprint density at radius 1 is 1.05 bits per heavy atom. The van der Waals surface area contributed by atoms with Crippen molar-refractivity contribution >= 4 is 34.9 Å². The van der Waals surface area contributed by atoms with Crippen molar-refractivity contribution in [3.05, 3.63) is 33.8 Å². The second kappa shape index (κ2) is 6.89. The number of likely N-dealkylation sites (N-methyl/N-ethyl adjacent to an activating group) is 2. The minimum atomic E-state index is -0.104. The van der Waals surface area contributed by atoms with Crippen molar-refractivity contribution in [2.45, 2.75) is 0 Å². The number of amides is 1. The van der Waals surface area contributed by atoms with E-state index in [0.717, 1.165) is 0 Å².